The molecule has 1 aromatic heterocycles. The minimum atomic E-state index is -0.749. The van der Waals surface area contributed by atoms with Crippen LogP contribution < -0.4 is 20.9 Å². The van der Waals surface area contributed by atoms with Gasteiger partial charge >= 0.3 is 6.09 Å². The molecule has 196 valence electrons. The van der Waals surface area contributed by atoms with E-state index in [9.17, 15) is 4.79 Å². The van der Waals surface area contributed by atoms with Crippen molar-refractivity contribution in [2.45, 2.75) is 39.0 Å². The zero-order valence-electron chi connectivity index (χ0n) is 21.6. The molecule has 2 heterocycles. The first-order valence-corrected chi connectivity index (χ1v) is 12.8. The molecule has 0 aliphatic carbocycles. The monoisotopic (exact) mass is 504 g/mol. The van der Waals surface area contributed by atoms with Crippen LogP contribution in [0.3, 0.4) is 0 Å². The summed E-state index contributed by atoms with van der Waals surface area (Å²) in [5.41, 5.74) is 9.53. The van der Waals surface area contributed by atoms with E-state index >= 15 is 0 Å². The molecule has 0 radical (unpaired) electrons. The second-order valence-corrected chi connectivity index (χ2v) is 9.11. The van der Waals surface area contributed by atoms with Crippen LogP contribution in [0.2, 0.25) is 0 Å². The summed E-state index contributed by atoms with van der Waals surface area (Å²) in [5, 5.41) is 3.20. The molecule has 9 heteroatoms. The molecule has 0 bridgehead atoms. The zero-order valence-corrected chi connectivity index (χ0v) is 21.6. The van der Waals surface area contributed by atoms with Gasteiger partial charge < -0.3 is 30.3 Å². The van der Waals surface area contributed by atoms with Crippen LogP contribution in [0.5, 0.6) is 0 Å². The number of benzene rings is 2. The predicted octanol–water partition coefficient (Wildman–Crippen LogP) is 4.50. The van der Waals surface area contributed by atoms with Gasteiger partial charge in [0.05, 0.1) is 19.3 Å². The number of primary amides is 1. The molecule has 0 fully saturated rings. The maximum atomic E-state index is 10.9. The zero-order chi connectivity index (χ0) is 26.0. The molecule has 0 unspecified atom stereocenters. The third-order valence-electron chi connectivity index (χ3n) is 6.36. The third kappa shape index (κ3) is 7.33. The third-order valence-corrected chi connectivity index (χ3v) is 6.36. The van der Waals surface area contributed by atoms with E-state index in [4.69, 9.17) is 20.2 Å². The van der Waals surface area contributed by atoms with Crippen molar-refractivity contribution >= 4 is 23.5 Å². The van der Waals surface area contributed by atoms with Gasteiger partial charge in [0.25, 0.3) is 0 Å². The Hall–Kier alpha value is -3.85. The van der Waals surface area contributed by atoms with Crippen LogP contribution in [-0.2, 0) is 22.6 Å². The highest BCUT2D eigenvalue weighted by Crippen LogP contribution is 2.28. The predicted molar refractivity (Wildman–Crippen MR) is 146 cm³/mol. The van der Waals surface area contributed by atoms with Gasteiger partial charge in [-0.3, -0.25) is 0 Å². The van der Waals surface area contributed by atoms with Crippen LogP contribution in [0, 0.1) is 0 Å². The molecule has 1 aliphatic heterocycles. The van der Waals surface area contributed by atoms with E-state index in [-0.39, 0.29) is 12.7 Å². The molecular formula is C28H36N6O3. The highest BCUT2D eigenvalue weighted by molar-refractivity contribution is 5.64. The van der Waals surface area contributed by atoms with Gasteiger partial charge in [-0.15, -0.1) is 0 Å². The fourth-order valence-corrected chi connectivity index (χ4v) is 4.46. The molecule has 3 N–H and O–H groups in total. The molecule has 1 amide bonds. The summed E-state index contributed by atoms with van der Waals surface area (Å²) in [4.78, 5) is 24.7. The van der Waals surface area contributed by atoms with Crippen molar-refractivity contribution in [3.8, 4) is 0 Å². The molecule has 9 nitrogen and oxygen atoms in total. The van der Waals surface area contributed by atoms with Crippen molar-refractivity contribution in [1.82, 2.24) is 9.97 Å². The van der Waals surface area contributed by atoms with E-state index in [1.807, 2.05) is 31.3 Å². The Bertz CT molecular complexity index is 1160. The number of carbonyl (C=O) groups is 1. The number of aromatic nitrogens is 2. The number of likely N-dealkylation sites (N-methyl/N-ethyl adjacent to an activating group) is 1. The number of nitrogens with zero attached hydrogens (tertiary/aromatic N) is 4. The summed E-state index contributed by atoms with van der Waals surface area (Å²) < 4.78 is 11.3. The molecule has 1 atom stereocenters. The van der Waals surface area contributed by atoms with Gasteiger partial charge in [0.2, 0.25) is 5.95 Å². The quantitative estimate of drug-likeness (QED) is 0.368. The second-order valence-electron chi connectivity index (χ2n) is 9.11. The lowest BCUT2D eigenvalue weighted by Gasteiger charge is -2.24. The van der Waals surface area contributed by atoms with Crippen LogP contribution in [0.25, 0.3) is 0 Å². The molecule has 3 aromatic rings. The van der Waals surface area contributed by atoms with Gasteiger partial charge in [0.1, 0.15) is 5.82 Å². The van der Waals surface area contributed by atoms with Crippen LogP contribution in [0.4, 0.5) is 22.2 Å². The van der Waals surface area contributed by atoms with E-state index in [0.29, 0.717) is 19.0 Å². The van der Waals surface area contributed by atoms with Gasteiger partial charge in [-0.05, 0) is 43.0 Å². The van der Waals surface area contributed by atoms with Crippen molar-refractivity contribution in [3.05, 3.63) is 77.5 Å². The first-order chi connectivity index (χ1) is 18.0. The lowest BCUT2D eigenvalue weighted by atomic mass is 10.0. The minimum absolute atomic E-state index is 0.108. The molecule has 0 saturated carbocycles. The molecule has 0 saturated heterocycles. The van der Waals surface area contributed by atoms with Crippen molar-refractivity contribution in [1.29, 1.82) is 0 Å². The maximum Gasteiger partial charge on any atom is 0.404 e. The molecule has 37 heavy (non-hydrogen) atoms. The van der Waals surface area contributed by atoms with Crippen molar-refractivity contribution < 1.29 is 14.3 Å². The van der Waals surface area contributed by atoms with Crippen molar-refractivity contribution in [2.24, 2.45) is 5.73 Å². The van der Waals surface area contributed by atoms with Gasteiger partial charge in [-0.25, -0.2) is 9.78 Å². The van der Waals surface area contributed by atoms with Gasteiger partial charge in [0, 0.05) is 50.7 Å². The minimum Gasteiger partial charge on any atom is -0.450 e. The Kier molecular flexibility index (Phi) is 9.15. The summed E-state index contributed by atoms with van der Waals surface area (Å²) in [5.74, 6) is 1.63. The lowest BCUT2D eigenvalue weighted by Crippen LogP contribution is -2.29. The number of rotatable bonds is 11. The smallest absolute Gasteiger partial charge is 0.404 e. The fraction of sp³-hybridized carbons (Fsp3) is 0.393. The van der Waals surface area contributed by atoms with E-state index < -0.39 is 6.09 Å². The van der Waals surface area contributed by atoms with Crippen LogP contribution in [-0.4, -0.2) is 49.4 Å². The van der Waals surface area contributed by atoms with Crippen molar-refractivity contribution in [3.63, 3.8) is 0 Å². The molecule has 2 aromatic carbocycles. The maximum absolute atomic E-state index is 10.9. The first kappa shape index (κ1) is 26.2. The number of ether oxygens (including phenoxy) is 2. The molecular weight excluding hydrogens is 468 g/mol. The normalized spacial score (nSPS) is 14.0. The molecule has 4 rings (SSSR count). The summed E-state index contributed by atoms with van der Waals surface area (Å²) in [6, 6.07) is 18.6. The average Bonchev–Trinajstić information content (AvgIpc) is 3.07. The van der Waals surface area contributed by atoms with Gasteiger partial charge in [-0.2, -0.15) is 4.98 Å². The van der Waals surface area contributed by atoms with E-state index in [1.165, 1.54) is 0 Å². The number of nitrogens with one attached hydrogen (secondary N) is 1. The Morgan fingerprint density at radius 1 is 1.16 bits per heavy atom. The summed E-state index contributed by atoms with van der Waals surface area (Å²) >= 11 is 0. The SMILES string of the molecule is CCNc1ncc2c(n1)N(C)CCN(c1cccc(CO[C@H](CCCOC(N)=O)c3ccccc3)c1)C2. The number of hydrogen-bond acceptors (Lipinski definition) is 8. The topological polar surface area (TPSA) is 106 Å². The number of hydrogen-bond donors (Lipinski definition) is 2. The van der Waals surface area contributed by atoms with Crippen molar-refractivity contribution in [2.75, 3.05) is 48.4 Å². The standard InChI is InChI=1S/C28H36N6O3/c1-3-30-28-31-18-23-19-34(15-14-33(2)26(23)32-28)24-12-7-9-21(17-24)20-37-25(13-8-16-36-27(29)35)22-10-5-4-6-11-22/h4-7,9-12,17-18,25H,3,8,13-16,19-20H2,1-2H3,(H2,29,35)(H,30,31,32)/t25-/m1/s1. The Morgan fingerprint density at radius 3 is 2.78 bits per heavy atom. The van der Waals surface area contributed by atoms with E-state index in [0.717, 1.165) is 60.8 Å². The van der Waals surface area contributed by atoms with E-state index in [2.05, 4.69) is 63.5 Å². The highest BCUT2D eigenvalue weighted by Gasteiger charge is 2.21. The number of nitrogens with two attached hydrogens (primary N) is 1. The molecule has 1 aliphatic rings. The van der Waals surface area contributed by atoms with E-state index in [1.54, 1.807) is 0 Å². The summed E-state index contributed by atoms with van der Waals surface area (Å²) in [7, 11) is 2.08. The number of carbonyl (C=O) groups excluding carboxylic acids is 1. The molecule has 0 spiro atoms. The lowest BCUT2D eigenvalue weighted by molar-refractivity contribution is 0.0287. The highest BCUT2D eigenvalue weighted by atomic mass is 16.5. The number of amides is 1. The van der Waals surface area contributed by atoms with Crippen LogP contribution >= 0.6 is 0 Å². The second kappa shape index (κ2) is 12.9. The average molecular weight is 505 g/mol. The fourth-order valence-electron chi connectivity index (χ4n) is 4.46. The first-order valence-electron chi connectivity index (χ1n) is 12.8. The summed E-state index contributed by atoms with van der Waals surface area (Å²) in [6.07, 6.45) is 2.46. The Morgan fingerprint density at radius 2 is 2.00 bits per heavy atom. The van der Waals surface area contributed by atoms with Crippen LogP contribution in [0.15, 0.2) is 60.8 Å². The van der Waals surface area contributed by atoms with Gasteiger partial charge in [-0.1, -0.05) is 42.5 Å². The van der Waals surface area contributed by atoms with Gasteiger partial charge in [0.15, 0.2) is 0 Å². The Balaban J connectivity index is 1.44. The number of fused-ring (bicyclic) bond motifs is 1. The number of anilines is 3. The Labute approximate surface area is 218 Å². The van der Waals surface area contributed by atoms with Crippen LogP contribution in [0.1, 0.15) is 42.6 Å². The summed E-state index contributed by atoms with van der Waals surface area (Å²) in [6.45, 7) is 6.06. The largest absolute Gasteiger partial charge is 0.450 e.